The van der Waals surface area contributed by atoms with Crippen LogP contribution in [0.1, 0.15) is 43.2 Å². The fourth-order valence-electron chi connectivity index (χ4n) is 13.2. The lowest BCUT2D eigenvalue weighted by molar-refractivity contribution is -0.0399. The number of fused-ring (bicyclic) bond motifs is 9. The molecular formula is C54H38O2. The smallest absolute Gasteiger partial charge is 0.136 e. The van der Waals surface area contributed by atoms with Gasteiger partial charge < -0.3 is 9.15 Å². The fraction of sp³-hybridized carbons (Fsp3) is 0.185. The van der Waals surface area contributed by atoms with Crippen LogP contribution in [0.3, 0.4) is 0 Å². The van der Waals surface area contributed by atoms with Gasteiger partial charge in [-0.1, -0.05) is 109 Å². The van der Waals surface area contributed by atoms with Gasteiger partial charge in [0.15, 0.2) is 0 Å². The summed E-state index contributed by atoms with van der Waals surface area (Å²) in [6, 6.07) is 54.3. The molecule has 9 aromatic rings. The number of hydrogen-bond donors (Lipinski definition) is 0. The Morgan fingerprint density at radius 2 is 1.11 bits per heavy atom. The third-order valence-electron chi connectivity index (χ3n) is 15.0. The van der Waals surface area contributed by atoms with Gasteiger partial charge in [-0.05, 0) is 158 Å². The molecule has 1 aromatic heterocycles. The van der Waals surface area contributed by atoms with E-state index in [1.54, 1.807) is 11.1 Å². The minimum Gasteiger partial charge on any atom is -0.456 e. The molecule has 4 fully saturated rings. The maximum atomic E-state index is 6.81. The van der Waals surface area contributed by atoms with Crippen molar-refractivity contribution < 1.29 is 9.15 Å². The molecule has 0 unspecified atom stereocenters. The predicted octanol–water partition coefficient (Wildman–Crippen LogP) is 14.7. The molecule has 2 nitrogen and oxygen atoms in total. The monoisotopic (exact) mass is 718 g/mol. The molecule has 6 aliphatic rings. The second-order valence-electron chi connectivity index (χ2n) is 17.6. The van der Waals surface area contributed by atoms with Crippen LogP contribution >= 0.6 is 0 Å². The SMILES string of the molecule is c1ccc2c(c1)-c1c(-c3ccc4c(c3)-c3cccc5c(-c6cccc7oc8cc9ccccc9cc8c67)ccc(c35)O4)cccc1C21C2CC3CC(C2)CC1C3. The Hall–Kier alpha value is -6.12. The van der Waals surface area contributed by atoms with Gasteiger partial charge in [0.05, 0.1) is 0 Å². The highest BCUT2D eigenvalue weighted by Crippen LogP contribution is 2.70. The summed E-state index contributed by atoms with van der Waals surface area (Å²) >= 11 is 0. The van der Waals surface area contributed by atoms with Gasteiger partial charge in [-0.25, -0.2) is 0 Å². The maximum Gasteiger partial charge on any atom is 0.136 e. The van der Waals surface area contributed by atoms with E-state index in [-0.39, 0.29) is 5.41 Å². The summed E-state index contributed by atoms with van der Waals surface area (Å²) in [5.74, 6) is 5.20. The van der Waals surface area contributed by atoms with E-state index in [1.807, 2.05) is 0 Å². The Bertz CT molecular complexity index is 3170. The number of ether oxygens (including phenoxy) is 1. The van der Waals surface area contributed by atoms with Crippen LogP contribution in [-0.4, -0.2) is 0 Å². The van der Waals surface area contributed by atoms with Crippen LogP contribution in [0.15, 0.2) is 150 Å². The van der Waals surface area contributed by atoms with Crippen molar-refractivity contribution in [1.82, 2.24) is 0 Å². The Labute approximate surface area is 325 Å². The van der Waals surface area contributed by atoms with Gasteiger partial charge in [0.1, 0.15) is 22.7 Å². The van der Waals surface area contributed by atoms with Gasteiger partial charge in [-0.3, -0.25) is 0 Å². The van der Waals surface area contributed by atoms with Gasteiger partial charge in [0, 0.05) is 27.1 Å². The first kappa shape index (κ1) is 30.1. The highest BCUT2D eigenvalue weighted by molar-refractivity contribution is 6.19. The second-order valence-corrected chi connectivity index (χ2v) is 17.6. The molecule has 4 saturated carbocycles. The molecule has 0 N–H and O–H groups in total. The first-order valence-corrected chi connectivity index (χ1v) is 20.7. The van der Waals surface area contributed by atoms with Crippen molar-refractivity contribution in [3.63, 3.8) is 0 Å². The third-order valence-corrected chi connectivity index (χ3v) is 15.0. The van der Waals surface area contributed by atoms with Crippen LogP contribution in [0.25, 0.3) is 88.0 Å². The molecule has 0 atom stereocenters. The normalized spacial score (nSPS) is 23.6. The van der Waals surface area contributed by atoms with Crippen molar-refractivity contribution in [3.8, 4) is 56.0 Å². The van der Waals surface area contributed by atoms with E-state index in [0.717, 1.165) is 62.7 Å². The van der Waals surface area contributed by atoms with E-state index in [0.29, 0.717) is 0 Å². The van der Waals surface area contributed by atoms with Crippen LogP contribution in [0, 0.1) is 23.7 Å². The van der Waals surface area contributed by atoms with Gasteiger partial charge >= 0.3 is 0 Å². The molecule has 8 aromatic carbocycles. The Morgan fingerprint density at radius 3 is 1.96 bits per heavy atom. The maximum absolute atomic E-state index is 6.81. The average molecular weight is 719 g/mol. The highest BCUT2D eigenvalue weighted by atomic mass is 16.5. The van der Waals surface area contributed by atoms with E-state index in [2.05, 4.69) is 146 Å². The summed E-state index contributed by atoms with van der Waals surface area (Å²) in [5.41, 5.74) is 15.5. The van der Waals surface area contributed by atoms with Crippen LogP contribution in [0.4, 0.5) is 0 Å². The Morgan fingerprint density at radius 1 is 0.429 bits per heavy atom. The van der Waals surface area contributed by atoms with Crippen LogP contribution in [0.5, 0.6) is 11.5 Å². The van der Waals surface area contributed by atoms with Crippen LogP contribution in [-0.2, 0) is 5.41 Å². The molecule has 0 radical (unpaired) electrons. The summed E-state index contributed by atoms with van der Waals surface area (Å²) in [5, 5.41) is 7.07. The molecule has 4 bridgehead atoms. The molecule has 5 aliphatic carbocycles. The Balaban J connectivity index is 0.949. The first-order chi connectivity index (χ1) is 27.7. The van der Waals surface area contributed by atoms with E-state index >= 15 is 0 Å². The highest BCUT2D eigenvalue weighted by Gasteiger charge is 2.61. The molecule has 1 spiro atoms. The molecule has 266 valence electrons. The number of furan rings is 1. The molecule has 15 rings (SSSR count). The minimum absolute atomic E-state index is 0.157. The molecule has 2 heterocycles. The van der Waals surface area contributed by atoms with Gasteiger partial charge in [0.2, 0.25) is 0 Å². The summed E-state index contributed by atoms with van der Waals surface area (Å²) in [4.78, 5) is 0. The van der Waals surface area contributed by atoms with E-state index < -0.39 is 0 Å². The number of hydrogen-bond acceptors (Lipinski definition) is 2. The summed E-state index contributed by atoms with van der Waals surface area (Å²) < 4.78 is 13.3. The third kappa shape index (κ3) is 3.73. The summed E-state index contributed by atoms with van der Waals surface area (Å²) in [7, 11) is 0. The van der Waals surface area contributed by atoms with Crippen molar-refractivity contribution >= 4 is 43.5 Å². The zero-order valence-corrected chi connectivity index (χ0v) is 31.0. The van der Waals surface area contributed by atoms with Crippen molar-refractivity contribution in [2.45, 2.75) is 37.5 Å². The van der Waals surface area contributed by atoms with Crippen molar-refractivity contribution in [1.29, 1.82) is 0 Å². The van der Waals surface area contributed by atoms with Crippen molar-refractivity contribution in [3.05, 3.63) is 157 Å². The Kier molecular flexibility index (Phi) is 5.70. The topological polar surface area (TPSA) is 22.4 Å². The summed E-state index contributed by atoms with van der Waals surface area (Å²) in [6.07, 6.45) is 7.06. The lowest BCUT2D eigenvalue weighted by Crippen LogP contribution is -2.55. The lowest BCUT2D eigenvalue weighted by atomic mass is 9.43. The zero-order valence-electron chi connectivity index (χ0n) is 31.0. The molecule has 0 amide bonds. The number of rotatable bonds is 2. The largest absolute Gasteiger partial charge is 0.456 e. The molecule has 2 heteroatoms. The van der Waals surface area contributed by atoms with E-state index in [4.69, 9.17) is 9.15 Å². The fourth-order valence-corrected chi connectivity index (χ4v) is 13.2. The van der Waals surface area contributed by atoms with Crippen molar-refractivity contribution in [2.75, 3.05) is 0 Å². The van der Waals surface area contributed by atoms with Gasteiger partial charge in [-0.15, -0.1) is 0 Å². The molecule has 0 saturated heterocycles. The van der Waals surface area contributed by atoms with E-state index in [1.165, 1.54) is 92.6 Å². The molecule has 56 heavy (non-hydrogen) atoms. The van der Waals surface area contributed by atoms with Gasteiger partial charge in [0.25, 0.3) is 0 Å². The second kappa shape index (κ2) is 10.6. The quantitative estimate of drug-likeness (QED) is 0.178. The minimum atomic E-state index is 0.157. The summed E-state index contributed by atoms with van der Waals surface area (Å²) in [6.45, 7) is 0. The van der Waals surface area contributed by atoms with E-state index in [9.17, 15) is 0 Å². The lowest BCUT2D eigenvalue weighted by Gasteiger charge is -2.61. The van der Waals surface area contributed by atoms with Crippen molar-refractivity contribution in [2.24, 2.45) is 23.7 Å². The van der Waals surface area contributed by atoms with Crippen LogP contribution < -0.4 is 4.74 Å². The predicted molar refractivity (Wildman–Crippen MR) is 228 cm³/mol. The van der Waals surface area contributed by atoms with Gasteiger partial charge in [-0.2, -0.15) is 0 Å². The first-order valence-electron chi connectivity index (χ1n) is 20.7. The van der Waals surface area contributed by atoms with Crippen LogP contribution in [0.2, 0.25) is 0 Å². The zero-order chi connectivity index (χ0) is 36.3. The molecule has 1 aliphatic heterocycles. The number of benzene rings is 8. The molecular weight excluding hydrogens is 681 g/mol. The average Bonchev–Trinajstić information content (AvgIpc) is 3.75. The standard InChI is InChI=1S/C54H38O2/c1-2-9-33-29-50-44(27-32(33)8-1)53-40(14-7-17-48(53)56-50)38-19-21-49-52-39(38)12-5-13-41(52)43-28-34(18-20-47(43)55-49)37-11-6-16-46-51(37)42-10-3-4-15-45(42)54(46)35-23-30-22-31(25-35)26-36(54)24-30/h1-21,27-31,35-36H,22-26H2.